The van der Waals surface area contributed by atoms with Gasteiger partial charge in [0.2, 0.25) is 5.91 Å². The second-order valence-electron chi connectivity index (χ2n) is 6.09. The summed E-state index contributed by atoms with van der Waals surface area (Å²) in [7, 11) is 3.32. The topological polar surface area (TPSA) is 50.8 Å². The van der Waals surface area contributed by atoms with Gasteiger partial charge in [0, 0.05) is 22.5 Å². The van der Waals surface area contributed by atoms with Gasteiger partial charge in [0.05, 0.1) is 27.3 Å². The summed E-state index contributed by atoms with van der Waals surface area (Å²) >= 11 is 1.66. The number of thiophene rings is 1. The van der Waals surface area contributed by atoms with Crippen LogP contribution >= 0.6 is 11.3 Å². The zero-order valence-electron chi connectivity index (χ0n) is 14.7. The summed E-state index contributed by atoms with van der Waals surface area (Å²) in [6, 6.07) is 10.1. The van der Waals surface area contributed by atoms with E-state index in [1.165, 1.54) is 4.88 Å². The van der Waals surface area contributed by atoms with Gasteiger partial charge >= 0.3 is 0 Å². The van der Waals surface area contributed by atoms with Gasteiger partial charge in [-0.1, -0.05) is 12.1 Å². The maximum Gasteiger partial charge on any atom is 0.234 e. The van der Waals surface area contributed by atoms with E-state index in [1.54, 1.807) is 25.6 Å². The molecule has 3 rings (SSSR count). The van der Waals surface area contributed by atoms with Gasteiger partial charge in [-0.05, 0) is 36.9 Å². The Morgan fingerprint density at radius 2 is 2.20 bits per heavy atom. The minimum atomic E-state index is 0.0628. The zero-order valence-corrected chi connectivity index (χ0v) is 15.5. The number of carbonyl (C=O) groups excluding carboxylic acids is 1. The predicted molar refractivity (Wildman–Crippen MR) is 99.3 cm³/mol. The van der Waals surface area contributed by atoms with Crippen molar-refractivity contribution >= 4 is 17.2 Å². The standard InChI is InChI=1S/C19H24N2O3S/c1-23-14-7-8-16(18(11-14)24-2)17-6-3-9-21(17)13-19(22)20-12-15-5-4-10-25-15/h4-5,7-8,10-11,17H,3,6,9,12-13H2,1-2H3,(H,20,22). The molecule has 25 heavy (non-hydrogen) atoms. The molecule has 1 aliphatic rings. The van der Waals surface area contributed by atoms with Crippen molar-refractivity contribution in [1.29, 1.82) is 0 Å². The second kappa shape index (κ2) is 8.36. The number of ether oxygens (including phenoxy) is 2. The van der Waals surface area contributed by atoms with E-state index >= 15 is 0 Å². The van der Waals surface area contributed by atoms with E-state index in [2.05, 4.69) is 10.2 Å². The highest BCUT2D eigenvalue weighted by Gasteiger charge is 2.29. The van der Waals surface area contributed by atoms with E-state index in [1.807, 2.05) is 35.7 Å². The molecule has 1 saturated heterocycles. The Bertz CT molecular complexity index is 703. The maximum absolute atomic E-state index is 12.3. The van der Waals surface area contributed by atoms with Crippen molar-refractivity contribution in [1.82, 2.24) is 10.2 Å². The smallest absolute Gasteiger partial charge is 0.234 e. The van der Waals surface area contributed by atoms with Crippen molar-refractivity contribution in [3.05, 3.63) is 46.2 Å². The van der Waals surface area contributed by atoms with Crippen LogP contribution < -0.4 is 14.8 Å². The predicted octanol–water partition coefficient (Wildman–Crippen LogP) is 3.22. The molecular formula is C19H24N2O3S. The van der Waals surface area contributed by atoms with Crippen molar-refractivity contribution in [2.24, 2.45) is 0 Å². The fourth-order valence-corrected chi connectivity index (χ4v) is 3.95. The molecule has 1 amide bonds. The van der Waals surface area contributed by atoms with E-state index in [9.17, 15) is 4.79 Å². The molecule has 0 bridgehead atoms. The van der Waals surface area contributed by atoms with Crippen LogP contribution in [-0.2, 0) is 11.3 Å². The van der Waals surface area contributed by atoms with Gasteiger partial charge in [0.15, 0.2) is 0 Å². The van der Waals surface area contributed by atoms with Gasteiger partial charge in [-0.25, -0.2) is 0 Å². The lowest BCUT2D eigenvalue weighted by Gasteiger charge is -2.25. The van der Waals surface area contributed by atoms with Crippen LogP contribution in [0.15, 0.2) is 35.7 Å². The molecule has 1 aromatic carbocycles. The third kappa shape index (κ3) is 4.32. The van der Waals surface area contributed by atoms with E-state index in [4.69, 9.17) is 9.47 Å². The molecule has 134 valence electrons. The van der Waals surface area contributed by atoms with Crippen LogP contribution in [0.3, 0.4) is 0 Å². The number of nitrogens with one attached hydrogen (secondary N) is 1. The summed E-state index contributed by atoms with van der Waals surface area (Å²) in [5.41, 5.74) is 1.12. The average molecular weight is 360 g/mol. The maximum atomic E-state index is 12.3. The van der Waals surface area contributed by atoms with Crippen molar-refractivity contribution in [3.63, 3.8) is 0 Å². The van der Waals surface area contributed by atoms with Gasteiger partial charge in [0.25, 0.3) is 0 Å². The molecule has 1 unspecified atom stereocenters. The molecule has 0 spiro atoms. The molecule has 0 saturated carbocycles. The number of methoxy groups -OCH3 is 2. The summed E-state index contributed by atoms with van der Waals surface area (Å²) in [5, 5.41) is 5.03. The zero-order chi connectivity index (χ0) is 17.6. The van der Waals surface area contributed by atoms with Crippen LogP contribution in [0.4, 0.5) is 0 Å². The molecule has 0 aliphatic carbocycles. The van der Waals surface area contributed by atoms with Crippen LogP contribution in [0.5, 0.6) is 11.5 Å². The van der Waals surface area contributed by atoms with Crippen molar-refractivity contribution < 1.29 is 14.3 Å². The Balaban J connectivity index is 1.65. The van der Waals surface area contributed by atoms with E-state index in [0.29, 0.717) is 13.1 Å². The number of benzene rings is 1. The van der Waals surface area contributed by atoms with E-state index in [-0.39, 0.29) is 11.9 Å². The molecule has 0 radical (unpaired) electrons. The Morgan fingerprint density at radius 1 is 1.32 bits per heavy atom. The summed E-state index contributed by atoms with van der Waals surface area (Å²) < 4.78 is 10.8. The van der Waals surface area contributed by atoms with Crippen LogP contribution in [0.25, 0.3) is 0 Å². The molecule has 1 N–H and O–H groups in total. The highest BCUT2D eigenvalue weighted by molar-refractivity contribution is 7.09. The lowest BCUT2D eigenvalue weighted by atomic mass is 10.0. The summed E-state index contributed by atoms with van der Waals surface area (Å²) in [6.07, 6.45) is 2.11. The van der Waals surface area contributed by atoms with Gasteiger partial charge in [-0.2, -0.15) is 0 Å². The minimum absolute atomic E-state index is 0.0628. The number of hydrogen-bond donors (Lipinski definition) is 1. The molecule has 1 fully saturated rings. The monoisotopic (exact) mass is 360 g/mol. The number of rotatable bonds is 7. The van der Waals surface area contributed by atoms with Crippen LogP contribution in [-0.4, -0.2) is 38.1 Å². The van der Waals surface area contributed by atoms with Gasteiger partial charge in [-0.3, -0.25) is 9.69 Å². The summed E-state index contributed by atoms with van der Waals surface area (Å²) in [4.78, 5) is 15.7. The first-order valence-corrected chi connectivity index (χ1v) is 9.34. The Hall–Kier alpha value is -2.05. The third-order valence-electron chi connectivity index (χ3n) is 4.55. The van der Waals surface area contributed by atoms with Crippen LogP contribution in [0, 0.1) is 0 Å². The van der Waals surface area contributed by atoms with Crippen LogP contribution in [0.2, 0.25) is 0 Å². The largest absolute Gasteiger partial charge is 0.497 e. The van der Waals surface area contributed by atoms with Crippen molar-refractivity contribution in [3.8, 4) is 11.5 Å². The van der Waals surface area contributed by atoms with E-state index in [0.717, 1.165) is 36.4 Å². The number of amides is 1. The van der Waals surface area contributed by atoms with Crippen molar-refractivity contribution in [2.75, 3.05) is 27.3 Å². The first-order valence-electron chi connectivity index (χ1n) is 8.46. The fourth-order valence-electron chi connectivity index (χ4n) is 3.30. The quantitative estimate of drug-likeness (QED) is 0.824. The van der Waals surface area contributed by atoms with Crippen molar-refractivity contribution in [2.45, 2.75) is 25.4 Å². The highest BCUT2D eigenvalue weighted by Crippen LogP contribution is 2.38. The first kappa shape index (κ1) is 17.8. The van der Waals surface area contributed by atoms with Gasteiger partial charge in [0.1, 0.15) is 11.5 Å². The lowest BCUT2D eigenvalue weighted by Crippen LogP contribution is -2.36. The lowest BCUT2D eigenvalue weighted by molar-refractivity contribution is -0.122. The summed E-state index contributed by atoms with van der Waals surface area (Å²) in [6.45, 7) is 1.93. The fraction of sp³-hybridized carbons (Fsp3) is 0.421. The SMILES string of the molecule is COc1ccc(C2CCCN2CC(=O)NCc2cccs2)c(OC)c1. The Kier molecular flexibility index (Phi) is 5.94. The number of likely N-dealkylation sites (tertiary alicyclic amines) is 1. The van der Waals surface area contributed by atoms with Crippen LogP contribution in [0.1, 0.15) is 29.3 Å². The first-order chi connectivity index (χ1) is 12.2. The molecule has 2 aromatic rings. The molecular weight excluding hydrogens is 336 g/mol. The van der Waals surface area contributed by atoms with Gasteiger partial charge < -0.3 is 14.8 Å². The van der Waals surface area contributed by atoms with Gasteiger partial charge in [-0.15, -0.1) is 11.3 Å². The molecule has 1 aromatic heterocycles. The average Bonchev–Trinajstić information content (AvgIpc) is 3.31. The minimum Gasteiger partial charge on any atom is -0.497 e. The number of hydrogen-bond acceptors (Lipinski definition) is 5. The number of nitrogens with zero attached hydrogens (tertiary/aromatic N) is 1. The Labute approximate surface area is 152 Å². The molecule has 2 heterocycles. The molecule has 1 aliphatic heterocycles. The number of carbonyl (C=O) groups is 1. The molecule has 5 nitrogen and oxygen atoms in total. The third-order valence-corrected chi connectivity index (χ3v) is 5.43. The normalized spacial score (nSPS) is 17.4. The Morgan fingerprint density at radius 3 is 2.92 bits per heavy atom. The summed E-state index contributed by atoms with van der Waals surface area (Å²) in [5.74, 6) is 1.65. The molecule has 6 heteroatoms. The second-order valence-corrected chi connectivity index (χ2v) is 7.12. The molecule has 1 atom stereocenters. The highest BCUT2D eigenvalue weighted by atomic mass is 32.1. The van der Waals surface area contributed by atoms with E-state index < -0.39 is 0 Å².